The van der Waals surface area contributed by atoms with Gasteiger partial charge >= 0.3 is 43.6 Å². The molecule has 0 rings (SSSR count). The molecule has 0 aliphatic carbocycles. The molecule has 0 bridgehead atoms. The van der Waals surface area contributed by atoms with Crippen molar-refractivity contribution >= 4 is 43.6 Å². The fourth-order valence-corrected chi connectivity index (χ4v) is 3.32. The van der Waals surface area contributed by atoms with E-state index in [0.29, 0.717) is 0 Å². The standard InChI is InChI=1S/C24H27O16P/c1-10-19(25)32-13(4)22(28)35-16(7)38-41(31,39-17(8)36-23(29)14(5)33-20(26)11-2)40-18(9)37-24(30)15(6)34-21(27)12-3/h10-12,16-18H,1-6H2,7-9H3. The van der Waals surface area contributed by atoms with Crippen LogP contribution in [0.3, 0.4) is 0 Å². The van der Waals surface area contributed by atoms with Crippen molar-refractivity contribution in [1.29, 1.82) is 0 Å². The first kappa shape index (κ1) is 36.4. The van der Waals surface area contributed by atoms with Crippen molar-refractivity contribution in [1.82, 2.24) is 0 Å². The van der Waals surface area contributed by atoms with Crippen LogP contribution in [0.25, 0.3) is 0 Å². The lowest BCUT2D eigenvalue weighted by atomic mass is 10.5. The third-order valence-corrected chi connectivity index (χ3v) is 5.17. The van der Waals surface area contributed by atoms with E-state index in [1.165, 1.54) is 0 Å². The second kappa shape index (κ2) is 17.1. The number of phosphoric ester groups is 1. The lowest BCUT2D eigenvalue weighted by Crippen LogP contribution is -2.26. The molecule has 0 aliphatic heterocycles. The summed E-state index contributed by atoms with van der Waals surface area (Å²) in [6.07, 6.45) is -3.19. The highest BCUT2D eigenvalue weighted by Gasteiger charge is 2.38. The molecule has 16 nitrogen and oxygen atoms in total. The van der Waals surface area contributed by atoms with Gasteiger partial charge in [-0.25, -0.2) is 46.9 Å². The average Bonchev–Trinajstić information content (AvgIpc) is 2.86. The Morgan fingerprint density at radius 3 is 0.951 bits per heavy atom. The Balaban J connectivity index is 5.69. The summed E-state index contributed by atoms with van der Waals surface area (Å²) in [5.41, 5.74) is 0. The minimum atomic E-state index is -5.04. The second-order valence-corrected chi connectivity index (χ2v) is 8.35. The van der Waals surface area contributed by atoms with Crippen LogP contribution in [0.15, 0.2) is 75.0 Å². The summed E-state index contributed by atoms with van der Waals surface area (Å²) < 4.78 is 56.3. The Morgan fingerprint density at radius 2 is 0.756 bits per heavy atom. The zero-order valence-corrected chi connectivity index (χ0v) is 23.1. The van der Waals surface area contributed by atoms with Gasteiger partial charge in [-0.05, 0) is 40.5 Å². The third-order valence-electron chi connectivity index (χ3n) is 3.51. The highest BCUT2D eigenvalue weighted by Crippen LogP contribution is 2.53. The topological polar surface area (TPSA) is 203 Å². The van der Waals surface area contributed by atoms with Crippen LogP contribution in [-0.2, 0) is 75.3 Å². The maximum atomic E-state index is 13.4. The van der Waals surface area contributed by atoms with Gasteiger partial charge in [-0.1, -0.05) is 19.7 Å². The molecular formula is C24H27O16P. The van der Waals surface area contributed by atoms with Crippen LogP contribution in [0.5, 0.6) is 0 Å². The van der Waals surface area contributed by atoms with Crippen LogP contribution >= 0.6 is 7.82 Å². The first-order chi connectivity index (χ1) is 19.0. The fourth-order valence-electron chi connectivity index (χ4n) is 1.95. The Kier molecular flexibility index (Phi) is 15.2. The van der Waals surface area contributed by atoms with Crippen LogP contribution < -0.4 is 0 Å². The predicted molar refractivity (Wildman–Crippen MR) is 134 cm³/mol. The largest absolute Gasteiger partial charge is 0.484 e. The Labute approximate surface area is 234 Å². The Bertz CT molecular complexity index is 1040. The first-order valence-electron chi connectivity index (χ1n) is 10.8. The zero-order chi connectivity index (χ0) is 31.9. The van der Waals surface area contributed by atoms with Gasteiger partial charge in [-0.3, -0.25) is 0 Å². The summed E-state index contributed by atoms with van der Waals surface area (Å²) in [4.78, 5) is 69.9. The highest BCUT2D eigenvalue weighted by atomic mass is 31.2. The quantitative estimate of drug-likeness (QED) is 0.0552. The fraction of sp³-hybridized carbons (Fsp3) is 0.250. The van der Waals surface area contributed by atoms with E-state index in [2.05, 4.69) is 53.7 Å². The van der Waals surface area contributed by atoms with Crippen molar-refractivity contribution in [3.05, 3.63) is 75.0 Å². The lowest BCUT2D eigenvalue weighted by Gasteiger charge is -2.26. The molecule has 0 aromatic carbocycles. The summed E-state index contributed by atoms with van der Waals surface area (Å²) in [5.74, 6) is -9.55. The third kappa shape index (κ3) is 14.4. The summed E-state index contributed by atoms with van der Waals surface area (Å²) in [6.45, 7) is 22.0. The molecule has 0 aliphatic rings. The molecule has 0 saturated carbocycles. The maximum Gasteiger partial charge on any atom is 0.484 e. The van der Waals surface area contributed by atoms with Gasteiger partial charge in [0.25, 0.3) is 0 Å². The van der Waals surface area contributed by atoms with Gasteiger partial charge in [0.15, 0.2) is 0 Å². The molecule has 224 valence electrons. The van der Waals surface area contributed by atoms with Crippen molar-refractivity contribution in [3.8, 4) is 0 Å². The van der Waals surface area contributed by atoms with Gasteiger partial charge in [0.05, 0.1) is 0 Å². The molecule has 0 aromatic heterocycles. The molecule has 0 saturated heterocycles. The monoisotopic (exact) mass is 602 g/mol. The summed E-state index contributed by atoms with van der Waals surface area (Å²) in [7, 11) is -5.04. The van der Waals surface area contributed by atoms with E-state index in [-0.39, 0.29) is 0 Å². The first-order valence-corrected chi connectivity index (χ1v) is 12.3. The van der Waals surface area contributed by atoms with E-state index in [9.17, 15) is 33.3 Å². The number of carbonyl (C=O) groups excluding carboxylic acids is 6. The van der Waals surface area contributed by atoms with Gasteiger partial charge in [0, 0.05) is 18.2 Å². The predicted octanol–water partition coefficient (Wildman–Crippen LogP) is 2.54. The molecule has 3 unspecified atom stereocenters. The Morgan fingerprint density at radius 1 is 0.537 bits per heavy atom. The van der Waals surface area contributed by atoms with Crippen LogP contribution in [0.1, 0.15) is 20.8 Å². The number of esters is 6. The smallest absolute Gasteiger partial charge is 0.430 e. The SMILES string of the molecule is C=CC(=O)OC(=C)C(=O)OC(C)OP(=O)(OC(C)OC(=O)C(=C)OC(=O)C=C)OC(C)OC(=O)C(=C)OC(=O)C=C. The van der Waals surface area contributed by atoms with Crippen LogP contribution in [0, 0.1) is 0 Å². The molecule has 17 heteroatoms. The van der Waals surface area contributed by atoms with Gasteiger partial charge in [-0.15, -0.1) is 0 Å². The minimum Gasteiger partial charge on any atom is -0.430 e. The van der Waals surface area contributed by atoms with Gasteiger partial charge < -0.3 is 28.4 Å². The van der Waals surface area contributed by atoms with E-state index in [0.717, 1.165) is 39.0 Å². The zero-order valence-electron chi connectivity index (χ0n) is 22.2. The number of ether oxygens (including phenoxy) is 6. The average molecular weight is 602 g/mol. The van der Waals surface area contributed by atoms with Gasteiger partial charge in [0.2, 0.25) is 36.1 Å². The second-order valence-electron chi connectivity index (χ2n) is 6.83. The number of hydrogen-bond donors (Lipinski definition) is 0. The minimum absolute atomic E-state index is 0.736. The molecular weight excluding hydrogens is 575 g/mol. The molecule has 0 aromatic rings. The van der Waals surface area contributed by atoms with Crippen molar-refractivity contribution in [2.24, 2.45) is 0 Å². The van der Waals surface area contributed by atoms with E-state index >= 15 is 0 Å². The maximum absolute atomic E-state index is 13.4. The van der Waals surface area contributed by atoms with Crippen molar-refractivity contribution in [3.63, 3.8) is 0 Å². The highest BCUT2D eigenvalue weighted by molar-refractivity contribution is 7.48. The van der Waals surface area contributed by atoms with Crippen LogP contribution in [0.4, 0.5) is 0 Å². The lowest BCUT2D eigenvalue weighted by molar-refractivity contribution is -0.179. The van der Waals surface area contributed by atoms with Crippen molar-refractivity contribution in [2.45, 2.75) is 39.6 Å². The molecule has 0 spiro atoms. The normalized spacial score (nSPS) is 13.7. The molecule has 41 heavy (non-hydrogen) atoms. The van der Waals surface area contributed by atoms with Crippen molar-refractivity contribution < 1.29 is 75.3 Å². The van der Waals surface area contributed by atoms with Crippen molar-refractivity contribution in [2.75, 3.05) is 0 Å². The summed E-state index contributed by atoms with van der Waals surface area (Å²) in [6, 6.07) is 0. The molecule has 0 N–H and O–H groups in total. The number of carbonyl (C=O) groups is 6. The van der Waals surface area contributed by atoms with E-state index in [1.807, 2.05) is 0 Å². The van der Waals surface area contributed by atoms with Crippen LogP contribution in [-0.4, -0.2) is 54.7 Å². The van der Waals surface area contributed by atoms with Gasteiger partial charge in [-0.2, -0.15) is 0 Å². The molecule has 0 fully saturated rings. The summed E-state index contributed by atoms with van der Waals surface area (Å²) in [5, 5.41) is 0. The van der Waals surface area contributed by atoms with E-state index in [1.54, 1.807) is 0 Å². The van der Waals surface area contributed by atoms with E-state index in [4.69, 9.17) is 27.8 Å². The number of rotatable bonds is 18. The number of phosphoric acid groups is 1. The molecule has 0 radical (unpaired) electrons. The molecule has 0 amide bonds. The molecule has 3 atom stereocenters. The van der Waals surface area contributed by atoms with E-state index < -0.39 is 79.8 Å². The summed E-state index contributed by atoms with van der Waals surface area (Å²) >= 11 is 0. The van der Waals surface area contributed by atoms with Crippen LogP contribution in [0.2, 0.25) is 0 Å². The molecule has 0 heterocycles. The van der Waals surface area contributed by atoms with Gasteiger partial charge in [0.1, 0.15) is 0 Å². The Hall–Kier alpha value is -4.63. The number of hydrogen-bond acceptors (Lipinski definition) is 16.